The molecule has 7 heteroatoms. The molecule has 3 rings (SSSR count). The summed E-state index contributed by atoms with van der Waals surface area (Å²) in [7, 11) is -1.25. The Morgan fingerprint density at radius 1 is 1.20 bits per heavy atom. The molecule has 128 valence electrons. The van der Waals surface area contributed by atoms with Gasteiger partial charge in [-0.1, -0.05) is 42.5 Å². The van der Waals surface area contributed by atoms with Gasteiger partial charge in [0, 0.05) is 12.2 Å². The van der Waals surface area contributed by atoms with Crippen LogP contribution in [-0.4, -0.2) is 29.0 Å². The SMILES string of the molecule is N[C@@H](C(=O)C[C@H]1Cc2cccc(C(=O)O)c2OB1O)c1ccccc1. The van der Waals surface area contributed by atoms with E-state index in [0.717, 1.165) is 0 Å². The Balaban J connectivity index is 1.75. The first-order valence-corrected chi connectivity index (χ1v) is 8.00. The van der Waals surface area contributed by atoms with E-state index in [1.807, 2.05) is 18.2 Å². The first-order valence-electron chi connectivity index (χ1n) is 8.00. The summed E-state index contributed by atoms with van der Waals surface area (Å²) in [6, 6.07) is 13.0. The molecule has 0 aromatic heterocycles. The minimum Gasteiger partial charge on any atom is -0.535 e. The predicted octanol–water partition coefficient (Wildman–Crippen LogP) is 1.83. The van der Waals surface area contributed by atoms with Gasteiger partial charge in [0.2, 0.25) is 0 Å². The molecule has 1 aliphatic rings. The number of carboxylic acids is 1. The zero-order valence-corrected chi connectivity index (χ0v) is 13.5. The summed E-state index contributed by atoms with van der Waals surface area (Å²) in [6.45, 7) is 0. The summed E-state index contributed by atoms with van der Waals surface area (Å²) >= 11 is 0. The van der Waals surface area contributed by atoms with Gasteiger partial charge in [0.1, 0.15) is 5.75 Å². The summed E-state index contributed by atoms with van der Waals surface area (Å²) in [5.74, 6) is -1.63. The van der Waals surface area contributed by atoms with Crippen LogP contribution in [0.15, 0.2) is 48.5 Å². The van der Waals surface area contributed by atoms with E-state index < -0.39 is 24.9 Å². The highest BCUT2D eigenvalue weighted by molar-refractivity contribution is 6.47. The highest BCUT2D eigenvalue weighted by Gasteiger charge is 2.38. The molecule has 2 aromatic rings. The lowest BCUT2D eigenvalue weighted by Gasteiger charge is -2.28. The van der Waals surface area contributed by atoms with Gasteiger partial charge in [-0.25, -0.2) is 4.79 Å². The number of fused-ring (bicyclic) bond motifs is 1. The minimum atomic E-state index is -1.25. The molecule has 2 atom stereocenters. The number of carbonyl (C=O) groups excluding carboxylic acids is 1. The number of aromatic carboxylic acids is 1. The second-order valence-electron chi connectivity index (χ2n) is 6.13. The molecule has 0 saturated heterocycles. The highest BCUT2D eigenvalue weighted by atomic mass is 16.5. The largest absolute Gasteiger partial charge is 0.535 e. The quantitative estimate of drug-likeness (QED) is 0.717. The summed E-state index contributed by atoms with van der Waals surface area (Å²) in [6.07, 6.45) is 0.402. The van der Waals surface area contributed by atoms with E-state index in [0.29, 0.717) is 17.5 Å². The Hall–Kier alpha value is -2.64. The van der Waals surface area contributed by atoms with Crippen LogP contribution in [0.3, 0.4) is 0 Å². The molecule has 1 aliphatic heterocycles. The van der Waals surface area contributed by atoms with E-state index in [-0.39, 0.29) is 23.5 Å². The number of hydrogen-bond donors (Lipinski definition) is 3. The van der Waals surface area contributed by atoms with E-state index in [9.17, 15) is 19.7 Å². The standard InChI is InChI=1S/C18H18BNO5/c20-16(11-5-2-1-3-6-11)15(21)10-13-9-12-7-4-8-14(18(22)23)17(12)25-19(13)24/h1-8,13,16,24H,9-10,20H2,(H,22,23)/t13-,16-/m1/s1. The average Bonchev–Trinajstić information content (AvgIpc) is 2.61. The second kappa shape index (κ2) is 7.08. The molecular formula is C18H18BNO5. The molecule has 1 heterocycles. The first kappa shape index (κ1) is 17.2. The van der Waals surface area contributed by atoms with Crippen molar-refractivity contribution in [3.8, 4) is 5.75 Å². The van der Waals surface area contributed by atoms with Gasteiger partial charge < -0.3 is 20.5 Å². The lowest BCUT2D eigenvalue weighted by molar-refractivity contribution is -0.120. The molecule has 4 N–H and O–H groups in total. The van der Waals surface area contributed by atoms with E-state index in [2.05, 4.69) is 0 Å². The molecule has 0 fully saturated rings. The average molecular weight is 339 g/mol. The fraction of sp³-hybridized carbons (Fsp3) is 0.222. The molecule has 0 spiro atoms. The normalized spacial score (nSPS) is 17.4. The third-order valence-corrected chi connectivity index (χ3v) is 4.42. The summed E-state index contributed by atoms with van der Waals surface area (Å²) < 4.78 is 5.40. The van der Waals surface area contributed by atoms with Crippen molar-refractivity contribution >= 4 is 18.9 Å². The Kier molecular flexibility index (Phi) is 4.87. The summed E-state index contributed by atoms with van der Waals surface area (Å²) in [5, 5.41) is 19.4. The third kappa shape index (κ3) is 3.57. The van der Waals surface area contributed by atoms with Gasteiger partial charge in [0.05, 0.1) is 11.6 Å². The van der Waals surface area contributed by atoms with Crippen molar-refractivity contribution in [2.24, 2.45) is 5.73 Å². The number of ketones is 1. The Morgan fingerprint density at radius 2 is 1.92 bits per heavy atom. The second-order valence-corrected chi connectivity index (χ2v) is 6.13. The number of nitrogens with two attached hydrogens (primary N) is 1. The van der Waals surface area contributed by atoms with Crippen molar-refractivity contribution in [3.63, 3.8) is 0 Å². The minimum absolute atomic E-state index is 0.00214. The molecule has 0 unspecified atom stereocenters. The third-order valence-electron chi connectivity index (χ3n) is 4.42. The molecular weight excluding hydrogens is 321 g/mol. The van der Waals surface area contributed by atoms with Crippen LogP contribution in [0, 0.1) is 0 Å². The van der Waals surface area contributed by atoms with Crippen LogP contribution >= 0.6 is 0 Å². The Bertz CT molecular complexity index is 795. The van der Waals surface area contributed by atoms with E-state index in [4.69, 9.17) is 10.4 Å². The number of hydrogen-bond acceptors (Lipinski definition) is 5. The monoisotopic (exact) mass is 339 g/mol. The Labute approximate surface area is 145 Å². The van der Waals surface area contributed by atoms with Gasteiger partial charge in [-0.3, -0.25) is 4.79 Å². The van der Waals surface area contributed by atoms with Crippen molar-refractivity contribution in [3.05, 3.63) is 65.2 Å². The van der Waals surface area contributed by atoms with Gasteiger partial charge in [-0.15, -0.1) is 0 Å². The number of Topliss-reactive ketones (excluding diaryl/α,β-unsaturated/α-hetero) is 1. The smallest absolute Gasteiger partial charge is 0.526 e. The van der Waals surface area contributed by atoms with Crippen molar-refractivity contribution in [2.75, 3.05) is 0 Å². The maximum absolute atomic E-state index is 12.5. The maximum atomic E-state index is 12.5. The van der Waals surface area contributed by atoms with E-state index >= 15 is 0 Å². The number of carbonyl (C=O) groups is 2. The molecule has 0 bridgehead atoms. The molecule has 6 nitrogen and oxygen atoms in total. The fourth-order valence-electron chi connectivity index (χ4n) is 3.06. The molecule has 0 saturated carbocycles. The number of rotatable bonds is 5. The van der Waals surface area contributed by atoms with Crippen LogP contribution in [-0.2, 0) is 11.2 Å². The molecule has 2 aromatic carbocycles. The zero-order chi connectivity index (χ0) is 18.0. The lowest BCUT2D eigenvalue weighted by Crippen LogP contribution is -2.37. The van der Waals surface area contributed by atoms with Gasteiger partial charge in [0.25, 0.3) is 0 Å². The topological polar surface area (TPSA) is 110 Å². The number of para-hydroxylation sites is 1. The predicted molar refractivity (Wildman–Crippen MR) is 92.5 cm³/mol. The van der Waals surface area contributed by atoms with Gasteiger partial charge >= 0.3 is 13.1 Å². The number of carboxylic acid groups (broad SMARTS) is 1. The highest BCUT2D eigenvalue weighted by Crippen LogP contribution is 2.36. The van der Waals surface area contributed by atoms with Crippen LogP contribution in [0.4, 0.5) is 0 Å². The summed E-state index contributed by atoms with van der Waals surface area (Å²) in [5.41, 5.74) is 7.39. The van der Waals surface area contributed by atoms with Gasteiger partial charge in [-0.2, -0.15) is 0 Å². The van der Waals surface area contributed by atoms with Crippen LogP contribution in [0.25, 0.3) is 0 Å². The van der Waals surface area contributed by atoms with Crippen LogP contribution < -0.4 is 10.4 Å². The summed E-state index contributed by atoms with van der Waals surface area (Å²) in [4.78, 5) is 23.7. The Morgan fingerprint density at radius 3 is 2.60 bits per heavy atom. The fourth-order valence-corrected chi connectivity index (χ4v) is 3.06. The molecule has 0 aliphatic carbocycles. The van der Waals surface area contributed by atoms with Crippen LogP contribution in [0.2, 0.25) is 5.82 Å². The molecule has 0 amide bonds. The van der Waals surface area contributed by atoms with Crippen molar-refractivity contribution in [1.29, 1.82) is 0 Å². The molecule has 25 heavy (non-hydrogen) atoms. The van der Waals surface area contributed by atoms with Crippen molar-refractivity contribution in [2.45, 2.75) is 24.7 Å². The zero-order valence-electron chi connectivity index (χ0n) is 13.5. The van der Waals surface area contributed by atoms with Crippen LogP contribution in [0.5, 0.6) is 5.75 Å². The lowest BCUT2D eigenvalue weighted by atomic mass is 9.64. The van der Waals surface area contributed by atoms with Crippen LogP contribution in [0.1, 0.15) is 33.9 Å². The molecule has 0 radical (unpaired) electrons. The number of benzene rings is 2. The first-order chi connectivity index (χ1) is 12.0. The van der Waals surface area contributed by atoms with Crippen molar-refractivity contribution in [1.82, 2.24) is 0 Å². The van der Waals surface area contributed by atoms with E-state index in [1.165, 1.54) is 6.07 Å². The van der Waals surface area contributed by atoms with Gasteiger partial charge in [-0.05, 0) is 23.6 Å². The maximum Gasteiger partial charge on any atom is 0.526 e. The van der Waals surface area contributed by atoms with Gasteiger partial charge in [0.15, 0.2) is 5.78 Å². The van der Waals surface area contributed by atoms with Crippen molar-refractivity contribution < 1.29 is 24.4 Å². The van der Waals surface area contributed by atoms with E-state index in [1.54, 1.807) is 24.3 Å².